The summed E-state index contributed by atoms with van der Waals surface area (Å²) in [5.41, 5.74) is 1.42. The number of anilines is 1. The van der Waals surface area contributed by atoms with Gasteiger partial charge in [-0.05, 0) is 17.7 Å². The zero-order valence-electron chi connectivity index (χ0n) is 13.6. The van der Waals surface area contributed by atoms with Crippen molar-refractivity contribution in [3.63, 3.8) is 0 Å². The third kappa shape index (κ3) is 6.48. The Morgan fingerprint density at radius 2 is 1.79 bits per heavy atom. The first-order valence-corrected chi connectivity index (χ1v) is 7.64. The normalized spacial score (nSPS) is 16.8. The number of halogens is 6. The van der Waals surface area contributed by atoms with Crippen LogP contribution in [-0.2, 0) is 0 Å². The average molecular weight is 409 g/mol. The van der Waals surface area contributed by atoms with Crippen LogP contribution in [0.4, 0.5) is 18.9 Å². The highest BCUT2D eigenvalue weighted by molar-refractivity contribution is 6.31. The van der Waals surface area contributed by atoms with Crippen molar-refractivity contribution < 1.29 is 13.2 Å². The van der Waals surface area contributed by atoms with Crippen molar-refractivity contribution in [1.82, 2.24) is 10.2 Å². The lowest BCUT2D eigenvalue weighted by molar-refractivity contribution is -0.148. The van der Waals surface area contributed by atoms with Gasteiger partial charge < -0.3 is 10.2 Å². The van der Waals surface area contributed by atoms with Crippen LogP contribution >= 0.6 is 36.4 Å². The van der Waals surface area contributed by atoms with E-state index in [-0.39, 0.29) is 24.8 Å². The number of nitrogens with one attached hydrogen (secondary N) is 1. The first kappa shape index (κ1) is 23.6. The van der Waals surface area contributed by atoms with Crippen molar-refractivity contribution in [1.29, 1.82) is 0 Å². The molecule has 1 aromatic carbocycles. The van der Waals surface area contributed by atoms with Crippen molar-refractivity contribution in [3.05, 3.63) is 28.8 Å². The molecule has 1 saturated heterocycles. The number of piperazine rings is 1. The number of benzene rings is 1. The van der Waals surface area contributed by atoms with E-state index >= 15 is 0 Å². The van der Waals surface area contributed by atoms with Gasteiger partial charge in [0.25, 0.3) is 0 Å². The molecular formula is C15H23Cl3F3N3. The molecule has 1 heterocycles. The molecule has 1 atom stereocenters. The molecule has 0 amide bonds. The number of rotatable bonds is 4. The van der Waals surface area contributed by atoms with Crippen LogP contribution in [-0.4, -0.2) is 51.4 Å². The molecule has 0 bridgehead atoms. The molecule has 0 radical (unpaired) electrons. The fourth-order valence-electron chi connectivity index (χ4n) is 2.71. The van der Waals surface area contributed by atoms with Gasteiger partial charge in [-0.2, -0.15) is 13.2 Å². The zero-order valence-corrected chi connectivity index (χ0v) is 16.0. The van der Waals surface area contributed by atoms with Crippen molar-refractivity contribution in [3.8, 4) is 0 Å². The van der Waals surface area contributed by atoms with Crippen LogP contribution in [0.5, 0.6) is 0 Å². The average Bonchev–Trinajstić information content (AvgIpc) is 2.45. The molecule has 1 aliphatic heterocycles. The molecule has 1 N–H and O–H groups in total. The molecule has 24 heavy (non-hydrogen) atoms. The van der Waals surface area contributed by atoms with Gasteiger partial charge in [0, 0.05) is 57.0 Å². The Labute approximate surface area is 158 Å². The van der Waals surface area contributed by atoms with Crippen LogP contribution in [0.2, 0.25) is 5.02 Å². The maximum absolute atomic E-state index is 13.0. The quantitative estimate of drug-likeness (QED) is 0.807. The number of alkyl halides is 3. The molecule has 1 fully saturated rings. The van der Waals surface area contributed by atoms with E-state index in [0.29, 0.717) is 36.8 Å². The summed E-state index contributed by atoms with van der Waals surface area (Å²) in [6.45, 7) is 2.57. The monoisotopic (exact) mass is 407 g/mol. The van der Waals surface area contributed by atoms with Gasteiger partial charge in [-0.1, -0.05) is 17.7 Å². The first-order chi connectivity index (χ1) is 10.3. The van der Waals surface area contributed by atoms with Gasteiger partial charge >= 0.3 is 6.18 Å². The minimum Gasteiger partial charge on any atom is -0.378 e. The summed E-state index contributed by atoms with van der Waals surface area (Å²) in [4.78, 5) is 3.74. The van der Waals surface area contributed by atoms with E-state index in [1.807, 2.05) is 30.0 Å². The van der Waals surface area contributed by atoms with Crippen molar-refractivity contribution in [2.45, 2.75) is 18.6 Å². The topological polar surface area (TPSA) is 18.5 Å². The molecular weight excluding hydrogens is 386 g/mol. The van der Waals surface area contributed by atoms with E-state index in [1.165, 1.54) is 0 Å². The lowest BCUT2D eigenvalue weighted by Crippen LogP contribution is -2.46. The Hall–Kier alpha value is -0.400. The smallest absolute Gasteiger partial charge is 0.378 e. The minimum absolute atomic E-state index is 0. The van der Waals surface area contributed by atoms with Crippen molar-refractivity contribution in [2.75, 3.05) is 45.2 Å². The van der Waals surface area contributed by atoms with Crippen molar-refractivity contribution in [2.24, 2.45) is 0 Å². The standard InChI is InChI=1S/C15H21ClF3N3.2ClH/c1-21(2)11-3-4-12(13(16)9-11)14(10-15(17,18)19)22-7-5-20-6-8-22;;/h3-4,9,14,20H,5-8,10H2,1-2H3;2*1H/t14-;;/m0../s1. The van der Waals surface area contributed by atoms with Crippen LogP contribution in [0.1, 0.15) is 18.0 Å². The van der Waals surface area contributed by atoms with Gasteiger partial charge in [-0.15, -0.1) is 24.8 Å². The molecule has 0 aromatic heterocycles. The zero-order chi connectivity index (χ0) is 16.3. The number of hydrogen-bond acceptors (Lipinski definition) is 3. The van der Waals surface area contributed by atoms with E-state index in [4.69, 9.17) is 11.6 Å². The molecule has 140 valence electrons. The van der Waals surface area contributed by atoms with Gasteiger partial charge in [-0.3, -0.25) is 4.90 Å². The van der Waals surface area contributed by atoms with Gasteiger partial charge in [-0.25, -0.2) is 0 Å². The summed E-state index contributed by atoms with van der Waals surface area (Å²) >= 11 is 6.28. The summed E-state index contributed by atoms with van der Waals surface area (Å²) in [6.07, 6.45) is -5.10. The van der Waals surface area contributed by atoms with Crippen LogP contribution in [0.15, 0.2) is 18.2 Å². The summed E-state index contributed by atoms with van der Waals surface area (Å²) in [7, 11) is 3.74. The summed E-state index contributed by atoms with van der Waals surface area (Å²) in [6, 6.07) is 4.52. The Morgan fingerprint density at radius 3 is 2.25 bits per heavy atom. The van der Waals surface area contributed by atoms with E-state index in [0.717, 1.165) is 5.69 Å². The highest BCUT2D eigenvalue weighted by atomic mass is 35.5. The molecule has 0 unspecified atom stereocenters. The minimum atomic E-state index is -4.22. The van der Waals surface area contributed by atoms with Crippen molar-refractivity contribution >= 4 is 42.1 Å². The summed E-state index contributed by atoms with van der Waals surface area (Å²) < 4.78 is 39.0. The Bertz CT molecular complexity index is 506. The third-order valence-electron chi connectivity index (χ3n) is 3.88. The Morgan fingerprint density at radius 1 is 1.21 bits per heavy atom. The van der Waals surface area contributed by atoms with Gasteiger partial charge in [0.2, 0.25) is 0 Å². The van der Waals surface area contributed by atoms with Gasteiger partial charge in [0.15, 0.2) is 0 Å². The van der Waals surface area contributed by atoms with E-state index in [1.54, 1.807) is 12.1 Å². The second-order valence-electron chi connectivity index (χ2n) is 5.72. The molecule has 9 heteroatoms. The predicted octanol–water partition coefficient (Wildman–Crippen LogP) is 4.15. The van der Waals surface area contributed by atoms with E-state index in [2.05, 4.69) is 5.32 Å². The Kier molecular flexibility index (Phi) is 9.76. The largest absolute Gasteiger partial charge is 0.390 e. The predicted molar refractivity (Wildman–Crippen MR) is 98.1 cm³/mol. The van der Waals surface area contributed by atoms with Gasteiger partial charge in [0.1, 0.15) is 0 Å². The SMILES string of the molecule is CN(C)c1ccc([C@H](CC(F)(F)F)N2CCNCC2)c(Cl)c1.Cl.Cl. The maximum Gasteiger partial charge on any atom is 0.390 e. The number of hydrogen-bond donors (Lipinski definition) is 1. The lowest BCUT2D eigenvalue weighted by atomic mass is 10.00. The maximum atomic E-state index is 13.0. The van der Waals surface area contributed by atoms with Crippen LogP contribution < -0.4 is 10.2 Å². The highest BCUT2D eigenvalue weighted by Gasteiger charge is 2.36. The summed E-state index contributed by atoms with van der Waals surface area (Å²) in [5.74, 6) is 0. The fourth-order valence-corrected chi connectivity index (χ4v) is 3.01. The lowest BCUT2D eigenvalue weighted by Gasteiger charge is -2.36. The molecule has 0 spiro atoms. The second-order valence-corrected chi connectivity index (χ2v) is 6.13. The molecule has 3 nitrogen and oxygen atoms in total. The summed E-state index contributed by atoms with van der Waals surface area (Å²) in [5, 5.41) is 3.55. The van der Waals surface area contributed by atoms with E-state index in [9.17, 15) is 13.2 Å². The third-order valence-corrected chi connectivity index (χ3v) is 4.20. The van der Waals surface area contributed by atoms with Crippen LogP contribution in [0.3, 0.4) is 0 Å². The first-order valence-electron chi connectivity index (χ1n) is 7.26. The van der Waals surface area contributed by atoms with E-state index < -0.39 is 18.6 Å². The number of nitrogens with zero attached hydrogens (tertiary/aromatic N) is 2. The highest BCUT2D eigenvalue weighted by Crippen LogP contribution is 2.38. The van der Waals surface area contributed by atoms with Gasteiger partial charge in [0.05, 0.1) is 6.42 Å². The molecule has 0 saturated carbocycles. The fraction of sp³-hybridized carbons (Fsp3) is 0.600. The Balaban J connectivity index is 0.00000264. The molecule has 0 aliphatic carbocycles. The molecule has 1 aromatic rings. The van der Waals surface area contributed by atoms with Crippen LogP contribution in [0, 0.1) is 0 Å². The second kappa shape index (κ2) is 9.92. The molecule has 2 rings (SSSR count). The van der Waals surface area contributed by atoms with Crippen LogP contribution in [0.25, 0.3) is 0 Å². The molecule has 1 aliphatic rings.